The molecular formula is C11H11BrN4O2S. The summed E-state index contributed by atoms with van der Waals surface area (Å²) in [5.74, 6) is 0. The lowest BCUT2D eigenvalue weighted by molar-refractivity contribution is 0.189. The van der Waals surface area contributed by atoms with E-state index < -0.39 is 10.0 Å². The quantitative estimate of drug-likeness (QED) is 0.842. The highest BCUT2D eigenvalue weighted by molar-refractivity contribution is 9.10. The maximum Gasteiger partial charge on any atom is 0.243 e. The number of hydrogen-bond donors (Lipinski definition) is 0. The highest BCUT2D eigenvalue weighted by Crippen LogP contribution is 2.28. The van der Waals surface area contributed by atoms with Crippen molar-refractivity contribution in [3.63, 3.8) is 0 Å². The molecule has 19 heavy (non-hydrogen) atoms. The van der Waals surface area contributed by atoms with Gasteiger partial charge in [0.25, 0.3) is 0 Å². The molecule has 0 radical (unpaired) electrons. The number of aromatic nitrogens is 3. The number of sulfonamides is 1. The van der Waals surface area contributed by atoms with Gasteiger partial charge in [-0.05, 0) is 24.3 Å². The fourth-order valence-corrected chi connectivity index (χ4v) is 3.73. The van der Waals surface area contributed by atoms with Crippen LogP contribution >= 0.6 is 15.9 Å². The molecule has 1 aromatic carbocycles. The molecule has 0 atom stereocenters. The minimum Gasteiger partial charge on any atom is -0.247 e. The lowest BCUT2D eigenvalue weighted by Gasteiger charge is -2.37. The Morgan fingerprint density at radius 2 is 1.89 bits per heavy atom. The fourth-order valence-electron chi connectivity index (χ4n) is 1.95. The molecular weight excluding hydrogens is 332 g/mol. The summed E-state index contributed by atoms with van der Waals surface area (Å²) in [6.45, 7) is 0.865. The highest BCUT2D eigenvalue weighted by atomic mass is 79.9. The van der Waals surface area contributed by atoms with Crippen molar-refractivity contribution in [2.45, 2.75) is 10.9 Å². The first-order valence-electron chi connectivity index (χ1n) is 5.69. The van der Waals surface area contributed by atoms with Crippen LogP contribution in [0.2, 0.25) is 0 Å². The van der Waals surface area contributed by atoms with Crippen molar-refractivity contribution in [3.05, 3.63) is 41.1 Å². The van der Waals surface area contributed by atoms with E-state index in [1.807, 2.05) is 0 Å². The lowest BCUT2D eigenvalue weighted by atomic mass is 10.2. The number of hydrogen-bond acceptors (Lipinski definition) is 4. The molecule has 0 unspecified atom stereocenters. The van der Waals surface area contributed by atoms with Gasteiger partial charge in [-0.3, -0.25) is 0 Å². The first-order chi connectivity index (χ1) is 9.07. The second kappa shape index (κ2) is 4.69. The standard InChI is InChI=1S/C11H11BrN4O2S/c12-9-1-3-11(4-2-9)19(17,18)15-7-10(8-15)16-6-5-13-14-16/h1-6,10H,7-8H2. The number of halogens is 1. The SMILES string of the molecule is O=S(=O)(c1ccc(Br)cc1)N1CC(n2ccnn2)C1. The van der Waals surface area contributed by atoms with Crippen LogP contribution in [0.3, 0.4) is 0 Å². The average molecular weight is 343 g/mol. The van der Waals surface area contributed by atoms with E-state index >= 15 is 0 Å². The van der Waals surface area contributed by atoms with Crippen LogP contribution in [0.15, 0.2) is 46.0 Å². The zero-order valence-corrected chi connectivity index (χ0v) is 12.2. The van der Waals surface area contributed by atoms with E-state index in [1.54, 1.807) is 41.3 Å². The molecule has 2 aromatic rings. The minimum atomic E-state index is -3.39. The molecule has 2 heterocycles. The van der Waals surface area contributed by atoms with E-state index in [4.69, 9.17) is 0 Å². The van der Waals surface area contributed by atoms with E-state index in [-0.39, 0.29) is 6.04 Å². The Hall–Kier alpha value is -1.25. The molecule has 0 spiro atoms. The topological polar surface area (TPSA) is 68.1 Å². The van der Waals surface area contributed by atoms with Gasteiger partial charge in [0.1, 0.15) is 0 Å². The van der Waals surface area contributed by atoms with Gasteiger partial charge in [0.2, 0.25) is 10.0 Å². The Kier molecular flexibility index (Phi) is 3.15. The largest absolute Gasteiger partial charge is 0.247 e. The van der Waals surface area contributed by atoms with Gasteiger partial charge >= 0.3 is 0 Å². The second-order valence-electron chi connectivity index (χ2n) is 4.31. The third-order valence-corrected chi connectivity index (χ3v) is 5.47. The van der Waals surface area contributed by atoms with Crippen LogP contribution in [0.25, 0.3) is 0 Å². The van der Waals surface area contributed by atoms with Crippen molar-refractivity contribution in [1.29, 1.82) is 0 Å². The lowest BCUT2D eigenvalue weighted by Crippen LogP contribution is -2.50. The highest BCUT2D eigenvalue weighted by Gasteiger charge is 2.38. The van der Waals surface area contributed by atoms with Crippen molar-refractivity contribution in [2.24, 2.45) is 0 Å². The molecule has 100 valence electrons. The van der Waals surface area contributed by atoms with Crippen LogP contribution in [0.1, 0.15) is 6.04 Å². The molecule has 3 rings (SSSR count). The third kappa shape index (κ3) is 2.31. The van der Waals surface area contributed by atoms with Gasteiger partial charge in [-0.15, -0.1) is 5.10 Å². The molecule has 0 aliphatic carbocycles. The van der Waals surface area contributed by atoms with Crippen LogP contribution in [-0.4, -0.2) is 40.8 Å². The predicted octanol–water partition coefficient (Wildman–Crippen LogP) is 1.29. The van der Waals surface area contributed by atoms with E-state index in [0.717, 1.165) is 4.47 Å². The van der Waals surface area contributed by atoms with Gasteiger partial charge in [-0.2, -0.15) is 4.31 Å². The summed E-state index contributed by atoms with van der Waals surface area (Å²) in [5, 5.41) is 7.60. The van der Waals surface area contributed by atoms with Crippen molar-refractivity contribution in [1.82, 2.24) is 19.3 Å². The van der Waals surface area contributed by atoms with Gasteiger partial charge in [0.15, 0.2) is 0 Å². The number of rotatable bonds is 3. The Balaban J connectivity index is 1.75. The van der Waals surface area contributed by atoms with Crippen molar-refractivity contribution < 1.29 is 8.42 Å². The van der Waals surface area contributed by atoms with Gasteiger partial charge in [-0.1, -0.05) is 21.1 Å². The van der Waals surface area contributed by atoms with Crippen LogP contribution in [0.5, 0.6) is 0 Å². The van der Waals surface area contributed by atoms with Crippen molar-refractivity contribution >= 4 is 26.0 Å². The van der Waals surface area contributed by atoms with Crippen LogP contribution in [0.4, 0.5) is 0 Å². The maximum absolute atomic E-state index is 12.3. The van der Waals surface area contributed by atoms with Crippen LogP contribution in [0, 0.1) is 0 Å². The molecule has 1 aliphatic rings. The van der Waals surface area contributed by atoms with E-state index in [9.17, 15) is 8.42 Å². The van der Waals surface area contributed by atoms with Gasteiger partial charge < -0.3 is 0 Å². The minimum absolute atomic E-state index is 0.0766. The maximum atomic E-state index is 12.3. The summed E-state index contributed by atoms with van der Waals surface area (Å²) in [5.41, 5.74) is 0. The summed E-state index contributed by atoms with van der Waals surface area (Å²) in [4.78, 5) is 0.313. The van der Waals surface area contributed by atoms with Gasteiger partial charge in [0.05, 0.1) is 17.1 Å². The van der Waals surface area contributed by atoms with Crippen LogP contribution in [-0.2, 0) is 10.0 Å². The van der Waals surface area contributed by atoms with Gasteiger partial charge in [0, 0.05) is 23.8 Å². The Morgan fingerprint density at radius 3 is 2.47 bits per heavy atom. The van der Waals surface area contributed by atoms with Crippen molar-refractivity contribution in [3.8, 4) is 0 Å². The molecule has 6 nitrogen and oxygen atoms in total. The number of benzene rings is 1. The molecule has 1 aliphatic heterocycles. The Labute approximate surface area is 119 Å². The first kappa shape index (κ1) is 12.8. The zero-order chi connectivity index (χ0) is 13.5. The summed E-state index contributed by atoms with van der Waals surface area (Å²) in [7, 11) is -3.39. The zero-order valence-electron chi connectivity index (χ0n) is 9.85. The molecule has 1 aromatic heterocycles. The fraction of sp³-hybridized carbons (Fsp3) is 0.273. The molecule has 0 bridgehead atoms. The molecule has 1 saturated heterocycles. The summed E-state index contributed by atoms with van der Waals surface area (Å²) in [6.07, 6.45) is 3.33. The Bertz CT molecular complexity index is 663. The Morgan fingerprint density at radius 1 is 1.21 bits per heavy atom. The van der Waals surface area contributed by atoms with E-state index in [2.05, 4.69) is 26.2 Å². The molecule has 0 saturated carbocycles. The second-order valence-corrected chi connectivity index (χ2v) is 7.17. The normalized spacial score (nSPS) is 17.3. The molecule has 8 heteroatoms. The smallest absolute Gasteiger partial charge is 0.243 e. The summed E-state index contributed by atoms with van der Waals surface area (Å²) in [6, 6.07) is 6.72. The molecule has 1 fully saturated rings. The van der Waals surface area contributed by atoms with E-state index in [1.165, 1.54) is 4.31 Å². The van der Waals surface area contributed by atoms with E-state index in [0.29, 0.717) is 18.0 Å². The average Bonchev–Trinajstić information content (AvgIpc) is 2.81. The summed E-state index contributed by atoms with van der Waals surface area (Å²) >= 11 is 3.29. The summed E-state index contributed by atoms with van der Waals surface area (Å²) < 4.78 is 28.6. The van der Waals surface area contributed by atoms with Gasteiger partial charge in [-0.25, -0.2) is 13.1 Å². The first-order valence-corrected chi connectivity index (χ1v) is 7.92. The predicted molar refractivity (Wildman–Crippen MR) is 72.0 cm³/mol. The monoisotopic (exact) mass is 342 g/mol. The number of nitrogens with zero attached hydrogens (tertiary/aromatic N) is 4. The molecule has 0 N–H and O–H groups in total. The van der Waals surface area contributed by atoms with Crippen molar-refractivity contribution in [2.75, 3.05) is 13.1 Å². The van der Waals surface area contributed by atoms with Crippen LogP contribution < -0.4 is 0 Å². The third-order valence-electron chi connectivity index (χ3n) is 3.10. The molecule has 0 amide bonds.